The number of hydrogen-bond acceptors (Lipinski definition) is 4. The average Bonchev–Trinajstić information content (AvgIpc) is 2.51. The molecule has 0 unspecified atom stereocenters. The van der Waals surface area contributed by atoms with E-state index in [9.17, 15) is 4.79 Å². The lowest BCUT2D eigenvalue weighted by molar-refractivity contribution is -0.132. The van der Waals surface area contributed by atoms with E-state index in [-0.39, 0.29) is 5.91 Å². The summed E-state index contributed by atoms with van der Waals surface area (Å²) in [4.78, 5) is 19.0. The van der Waals surface area contributed by atoms with Gasteiger partial charge in [0.05, 0.1) is 6.54 Å². The van der Waals surface area contributed by atoms with E-state index in [1.165, 1.54) is 32.5 Å². The molecule has 0 saturated carbocycles. The predicted molar refractivity (Wildman–Crippen MR) is 86.4 cm³/mol. The minimum absolute atomic E-state index is 0.284. The first kappa shape index (κ1) is 16.7. The molecular formula is C16H32N4O. The van der Waals surface area contributed by atoms with Crippen LogP contribution in [0.2, 0.25) is 0 Å². The lowest BCUT2D eigenvalue weighted by Crippen LogP contribution is -2.51. The highest BCUT2D eigenvalue weighted by molar-refractivity contribution is 5.78. The van der Waals surface area contributed by atoms with Gasteiger partial charge >= 0.3 is 0 Å². The number of carbonyl (C=O) groups is 1. The summed E-state index contributed by atoms with van der Waals surface area (Å²) in [6.07, 6.45) is 2.64. The fourth-order valence-electron chi connectivity index (χ4n) is 3.43. The number of piperidine rings is 1. The van der Waals surface area contributed by atoms with E-state index in [1.54, 1.807) is 0 Å². The number of piperazine rings is 1. The summed E-state index contributed by atoms with van der Waals surface area (Å²) in [6.45, 7) is 14.3. The summed E-state index contributed by atoms with van der Waals surface area (Å²) in [5.41, 5.74) is 0. The third-order valence-electron chi connectivity index (χ3n) is 4.92. The topological polar surface area (TPSA) is 38.8 Å². The molecule has 5 heteroatoms. The molecule has 2 fully saturated rings. The number of carbonyl (C=O) groups excluding carboxylic acids is 1. The minimum Gasteiger partial charge on any atom is -0.342 e. The molecule has 0 bridgehead atoms. The maximum Gasteiger partial charge on any atom is 0.236 e. The number of nitrogens with one attached hydrogen (secondary N) is 1. The molecule has 2 heterocycles. The Bertz CT molecular complexity index is 305. The van der Waals surface area contributed by atoms with Crippen LogP contribution >= 0.6 is 0 Å². The predicted octanol–water partition coefficient (Wildman–Crippen LogP) is 0.472. The Kier molecular flexibility index (Phi) is 6.93. The summed E-state index contributed by atoms with van der Waals surface area (Å²) in [7, 11) is 0. The van der Waals surface area contributed by atoms with Crippen LogP contribution in [-0.4, -0.2) is 86.1 Å². The molecule has 0 aromatic carbocycles. The van der Waals surface area contributed by atoms with Gasteiger partial charge in [-0.3, -0.25) is 9.69 Å². The zero-order valence-corrected chi connectivity index (χ0v) is 13.8. The summed E-state index contributed by atoms with van der Waals surface area (Å²) >= 11 is 0. The van der Waals surface area contributed by atoms with Crippen LogP contribution in [0.25, 0.3) is 0 Å². The quantitative estimate of drug-likeness (QED) is 0.773. The van der Waals surface area contributed by atoms with Gasteiger partial charge in [-0.05, 0) is 45.7 Å². The van der Waals surface area contributed by atoms with Gasteiger partial charge in [-0.25, -0.2) is 0 Å². The molecule has 1 N–H and O–H groups in total. The number of hydrogen-bond donors (Lipinski definition) is 1. The first-order valence-corrected chi connectivity index (χ1v) is 8.66. The van der Waals surface area contributed by atoms with Gasteiger partial charge < -0.3 is 15.1 Å². The Balaban J connectivity index is 1.66. The second-order valence-electron chi connectivity index (χ2n) is 6.34. The van der Waals surface area contributed by atoms with Crippen molar-refractivity contribution in [2.75, 3.05) is 65.4 Å². The molecule has 2 aliphatic rings. The van der Waals surface area contributed by atoms with Gasteiger partial charge in [0.1, 0.15) is 0 Å². The smallest absolute Gasteiger partial charge is 0.236 e. The minimum atomic E-state index is 0.284. The van der Waals surface area contributed by atoms with Crippen LogP contribution < -0.4 is 5.32 Å². The van der Waals surface area contributed by atoms with E-state index < -0.39 is 0 Å². The maximum atomic E-state index is 12.1. The van der Waals surface area contributed by atoms with Crippen LogP contribution in [-0.2, 0) is 4.79 Å². The largest absolute Gasteiger partial charge is 0.342 e. The van der Waals surface area contributed by atoms with Crippen molar-refractivity contribution in [2.24, 2.45) is 5.92 Å². The van der Waals surface area contributed by atoms with Gasteiger partial charge in [0.2, 0.25) is 5.91 Å². The number of rotatable bonds is 6. The number of likely N-dealkylation sites (N-methyl/N-ethyl adjacent to an activating group) is 1. The molecule has 2 rings (SSSR count). The molecule has 0 spiro atoms. The second kappa shape index (κ2) is 8.71. The highest BCUT2D eigenvalue weighted by atomic mass is 16.2. The van der Waals surface area contributed by atoms with Gasteiger partial charge in [-0.15, -0.1) is 0 Å². The first-order valence-electron chi connectivity index (χ1n) is 8.66. The normalized spacial score (nSPS) is 22.4. The third kappa shape index (κ3) is 5.24. The van der Waals surface area contributed by atoms with Gasteiger partial charge in [0, 0.05) is 45.8 Å². The van der Waals surface area contributed by atoms with Crippen molar-refractivity contribution in [3.05, 3.63) is 0 Å². The van der Waals surface area contributed by atoms with Crippen LogP contribution in [0.15, 0.2) is 0 Å². The standard InChI is InChI=1S/C16H32N4O/c1-3-20(4-2)16(21)14-19-11-9-18(10-12-19)13-15-5-7-17-8-6-15/h15,17H,3-14H2,1-2H3. The van der Waals surface area contributed by atoms with Crippen LogP contribution in [0.5, 0.6) is 0 Å². The van der Waals surface area contributed by atoms with E-state index in [1.807, 2.05) is 4.90 Å². The lowest BCUT2D eigenvalue weighted by atomic mass is 9.97. The highest BCUT2D eigenvalue weighted by Crippen LogP contribution is 2.14. The average molecular weight is 296 g/mol. The molecule has 2 aliphatic heterocycles. The molecule has 0 aromatic rings. The molecule has 0 aromatic heterocycles. The van der Waals surface area contributed by atoms with Crippen LogP contribution in [0.4, 0.5) is 0 Å². The van der Waals surface area contributed by atoms with Crippen molar-refractivity contribution in [1.82, 2.24) is 20.0 Å². The molecule has 0 radical (unpaired) electrons. The summed E-state index contributed by atoms with van der Waals surface area (Å²) in [5.74, 6) is 1.15. The van der Waals surface area contributed by atoms with E-state index in [0.717, 1.165) is 45.2 Å². The van der Waals surface area contributed by atoms with Crippen molar-refractivity contribution >= 4 is 5.91 Å². The molecule has 0 aliphatic carbocycles. The Morgan fingerprint density at radius 3 is 2.19 bits per heavy atom. The van der Waals surface area contributed by atoms with Crippen molar-refractivity contribution in [3.8, 4) is 0 Å². The Hall–Kier alpha value is -0.650. The number of amides is 1. The van der Waals surface area contributed by atoms with E-state index in [4.69, 9.17) is 0 Å². The molecule has 0 atom stereocenters. The Morgan fingerprint density at radius 1 is 1.05 bits per heavy atom. The maximum absolute atomic E-state index is 12.1. The van der Waals surface area contributed by atoms with Crippen molar-refractivity contribution in [1.29, 1.82) is 0 Å². The fourth-order valence-corrected chi connectivity index (χ4v) is 3.43. The Morgan fingerprint density at radius 2 is 1.62 bits per heavy atom. The summed E-state index contributed by atoms with van der Waals surface area (Å²) < 4.78 is 0. The van der Waals surface area contributed by atoms with Crippen molar-refractivity contribution in [2.45, 2.75) is 26.7 Å². The molecule has 122 valence electrons. The Labute approximate surface area is 129 Å². The van der Waals surface area contributed by atoms with E-state index in [2.05, 4.69) is 29.0 Å². The van der Waals surface area contributed by atoms with Crippen molar-refractivity contribution < 1.29 is 4.79 Å². The molecular weight excluding hydrogens is 264 g/mol. The monoisotopic (exact) mass is 296 g/mol. The van der Waals surface area contributed by atoms with Crippen LogP contribution in [0.3, 0.4) is 0 Å². The van der Waals surface area contributed by atoms with Gasteiger partial charge in [-0.2, -0.15) is 0 Å². The molecule has 2 saturated heterocycles. The molecule has 5 nitrogen and oxygen atoms in total. The SMILES string of the molecule is CCN(CC)C(=O)CN1CCN(CC2CCNCC2)CC1. The van der Waals surface area contributed by atoms with E-state index in [0.29, 0.717) is 6.54 Å². The van der Waals surface area contributed by atoms with Gasteiger partial charge in [0.25, 0.3) is 0 Å². The highest BCUT2D eigenvalue weighted by Gasteiger charge is 2.23. The second-order valence-corrected chi connectivity index (χ2v) is 6.34. The third-order valence-corrected chi connectivity index (χ3v) is 4.92. The summed E-state index contributed by atoms with van der Waals surface area (Å²) in [5, 5.41) is 3.43. The zero-order chi connectivity index (χ0) is 15.1. The number of nitrogens with zero attached hydrogens (tertiary/aromatic N) is 3. The molecule has 1 amide bonds. The van der Waals surface area contributed by atoms with Crippen LogP contribution in [0.1, 0.15) is 26.7 Å². The lowest BCUT2D eigenvalue weighted by Gasteiger charge is -2.37. The molecule has 21 heavy (non-hydrogen) atoms. The first-order chi connectivity index (χ1) is 10.2. The van der Waals surface area contributed by atoms with Crippen LogP contribution in [0, 0.1) is 5.92 Å². The summed E-state index contributed by atoms with van der Waals surface area (Å²) in [6, 6.07) is 0. The fraction of sp³-hybridized carbons (Fsp3) is 0.938. The van der Waals surface area contributed by atoms with Gasteiger partial charge in [0.15, 0.2) is 0 Å². The zero-order valence-electron chi connectivity index (χ0n) is 13.8. The van der Waals surface area contributed by atoms with Crippen molar-refractivity contribution in [3.63, 3.8) is 0 Å². The van der Waals surface area contributed by atoms with Gasteiger partial charge in [-0.1, -0.05) is 0 Å². The van der Waals surface area contributed by atoms with E-state index >= 15 is 0 Å².